The van der Waals surface area contributed by atoms with Crippen LogP contribution in [-0.2, 0) is 16.2 Å². The number of hydrogen-bond acceptors (Lipinski definition) is 5. The fourth-order valence-electron chi connectivity index (χ4n) is 3.74. The zero-order valence-corrected chi connectivity index (χ0v) is 19.5. The Morgan fingerprint density at radius 2 is 1.89 bits per heavy atom. The number of carbonyl (C=O) groups excluding carboxylic acids is 1. The lowest BCUT2D eigenvalue weighted by Crippen LogP contribution is -2.45. The van der Waals surface area contributed by atoms with Gasteiger partial charge in [0.2, 0.25) is 0 Å². The molecule has 0 spiro atoms. The van der Waals surface area contributed by atoms with E-state index in [4.69, 9.17) is 11.3 Å². The quantitative estimate of drug-likeness (QED) is 0.368. The molecule has 0 aliphatic carbocycles. The number of sulfonamides is 1. The van der Waals surface area contributed by atoms with Gasteiger partial charge in [-0.1, -0.05) is 18.2 Å². The molecular formula is C24H17F4N3O5S. The van der Waals surface area contributed by atoms with Gasteiger partial charge in [-0.05, 0) is 42.5 Å². The summed E-state index contributed by atoms with van der Waals surface area (Å²) in [5.41, 5.74) is -2.84. The Morgan fingerprint density at radius 3 is 2.57 bits per heavy atom. The molecule has 0 radical (unpaired) electrons. The van der Waals surface area contributed by atoms with Crippen molar-refractivity contribution in [1.82, 2.24) is 0 Å². The van der Waals surface area contributed by atoms with Gasteiger partial charge in [0, 0.05) is 5.69 Å². The van der Waals surface area contributed by atoms with Crippen LogP contribution < -0.4 is 14.4 Å². The number of amides is 1. The van der Waals surface area contributed by atoms with E-state index < -0.39 is 51.8 Å². The lowest BCUT2D eigenvalue weighted by atomic mass is 10.1. The van der Waals surface area contributed by atoms with Gasteiger partial charge in [-0.15, -0.1) is 0 Å². The molecule has 3 aromatic rings. The molecule has 8 nitrogen and oxygen atoms in total. The molecule has 4 rings (SSSR count). The van der Waals surface area contributed by atoms with E-state index >= 15 is 0 Å². The van der Waals surface area contributed by atoms with Gasteiger partial charge in [0.1, 0.15) is 17.7 Å². The fraction of sp³-hybridized carbons (Fsp3) is 0.167. The van der Waals surface area contributed by atoms with E-state index in [1.807, 2.05) is 0 Å². The Morgan fingerprint density at radius 1 is 1.16 bits per heavy atom. The largest absolute Gasteiger partial charge is 0.484 e. The van der Waals surface area contributed by atoms with E-state index in [-0.39, 0.29) is 34.3 Å². The molecule has 1 atom stereocenters. The average Bonchev–Trinajstić information content (AvgIpc) is 2.87. The van der Waals surface area contributed by atoms with Crippen LogP contribution in [0.1, 0.15) is 15.9 Å². The number of halogens is 4. The van der Waals surface area contributed by atoms with Gasteiger partial charge < -0.3 is 15.2 Å². The highest BCUT2D eigenvalue weighted by atomic mass is 32.2. The molecule has 1 heterocycles. The van der Waals surface area contributed by atoms with Gasteiger partial charge in [0.15, 0.2) is 5.69 Å². The lowest BCUT2D eigenvalue weighted by molar-refractivity contribution is -0.138. The van der Waals surface area contributed by atoms with E-state index in [1.54, 1.807) is 0 Å². The van der Waals surface area contributed by atoms with Crippen molar-refractivity contribution in [2.45, 2.75) is 17.2 Å². The Balaban J connectivity index is 1.75. The van der Waals surface area contributed by atoms with Crippen LogP contribution in [0.4, 0.5) is 34.6 Å². The van der Waals surface area contributed by atoms with Crippen molar-refractivity contribution < 1.29 is 40.6 Å². The SMILES string of the molecule is [C-]#[N+]c1cccc(S(=O)(=O)N2C[C@H](CO)Oc3ccc(NC(=O)c4c(F)cccc4C(F)(F)F)cc32)c1. The fourth-order valence-corrected chi connectivity index (χ4v) is 5.28. The molecule has 0 bridgehead atoms. The first-order chi connectivity index (χ1) is 17.5. The second kappa shape index (κ2) is 9.72. The number of aliphatic hydroxyl groups is 1. The zero-order chi connectivity index (χ0) is 27.0. The number of alkyl halides is 3. The lowest BCUT2D eigenvalue weighted by Gasteiger charge is -2.35. The molecule has 1 aliphatic heterocycles. The van der Waals surface area contributed by atoms with Crippen molar-refractivity contribution >= 4 is 33.0 Å². The summed E-state index contributed by atoms with van der Waals surface area (Å²) >= 11 is 0. The molecule has 2 N–H and O–H groups in total. The van der Waals surface area contributed by atoms with E-state index in [0.29, 0.717) is 12.1 Å². The number of aliphatic hydroxyl groups excluding tert-OH is 1. The summed E-state index contributed by atoms with van der Waals surface area (Å²) in [5, 5.41) is 11.8. The number of anilines is 2. The first-order valence-electron chi connectivity index (χ1n) is 10.5. The van der Waals surface area contributed by atoms with Gasteiger partial charge in [0.05, 0.1) is 41.4 Å². The average molecular weight is 535 g/mol. The minimum Gasteiger partial charge on any atom is -0.484 e. The molecule has 0 unspecified atom stereocenters. The second-order valence-corrected chi connectivity index (χ2v) is 9.73. The molecule has 0 saturated heterocycles. The Bertz CT molecular complexity index is 1520. The molecule has 13 heteroatoms. The van der Waals surface area contributed by atoms with Crippen molar-refractivity contribution in [1.29, 1.82) is 0 Å². The third-order valence-corrected chi connectivity index (χ3v) is 7.21. The number of ether oxygens (including phenoxy) is 1. The summed E-state index contributed by atoms with van der Waals surface area (Å²) in [6.45, 7) is 6.26. The summed E-state index contributed by atoms with van der Waals surface area (Å²) in [5.74, 6) is -2.77. The smallest absolute Gasteiger partial charge is 0.417 e. The first kappa shape index (κ1) is 25.9. The van der Waals surface area contributed by atoms with E-state index in [0.717, 1.165) is 22.5 Å². The van der Waals surface area contributed by atoms with Crippen molar-refractivity contribution in [2.75, 3.05) is 22.8 Å². The monoisotopic (exact) mass is 535 g/mol. The summed E-state index contributed by atoms with van der Waals surface area (Å²) < 4.78 is 87.7. The molecule has 1 aliphatic rings. The van der Waals surface area contributed by atoms with Crippen LogP contribution in [-0.4, -0.2) is 38.7 Å². The van der Waals surface area contributed by atoms with Crippen molar-refractivity contribution in [3.63, 3.8) is 0 Å². The van der Waals surface area contributed by atoms with Gasteiger partial charge in [-0.3, -0.25) is 9.10 Å². The molecule has 192 valence electrons. The van der Waals surface area contributed by atoms with Crippen molar-refractivity contribution in [3.05, 3.63) is 89.0 Å². The minimum absolute atomic E-state index is 0.00933. The summed E-state index contributed by atoms with van der Waals surface area (Å²) in [6, 6.07) is 11.0. The van der Waals surface area contributed by atoms with Crippen LogP contribution in [0.2, 0.25) is 0 Å². The molecule has 0 aromatic heterocycles. The summed E-state index contributed by atoms with van der Waals surface area (Å²) in [6.07, 6.45) is -5.94. The van der Waals surface area contributed by atoms with E-state index in [9.17, 15) is 35.9 Å². The van der Waals surface area contributed by atoms with E-state index in [2.05, 4.69) is 10.2 Å². The predicted octanol–water partition coefficient (Wildman–Crippen LogP) is 4.60. The highest BCUT2D eigenvalue weighted by Gasteiger charge is 2.38. The Hall–Kier alpha value is -4.15. The maximum Gasteiger partial charge on any atom is 0.417 e. The van der Waals surface area contributed by atoms with Crippen molar-refractivity contribution in [3.8, 4) is 5.75 Å². The van der Waals surface area contributed by atoms with Crippen LogP contribution in [0.5, 0.6) is 5.75 Å². The number of rotatable bonds is 5. The van der Waals surface area contributed by atoms with Crippen LogP contribution in [0.15, 0.2) is 65.6 Å². The number of fused-ring (bicyclic) bond motifs is 1. The highest BCUT2D eigenvalue weighted by molar-refractivity contribution is 7.92. The molecule has 0 saturated carbocycles. The summed E-state index contributed by atoms with van der Waals surface area (Å²) in [7, 11) is -4.30. The van der Waals surface area contributed by atoms with Crippen LogP contribution in [0, 0.1) is 12.4 Å². The molecule has 3 aromatic carbocycles. The minimum atomic E-state index is -5.00. The first-order valence-corrected chi connectivity index (χ1v) is 12.0. The number of nitrogens with one attached hydrogen (secondary N) is 1. The van der Waals surface area contributed by atoms with Gasteiger partial charge in [0.25, 0.3) is 15.9 Å². The Labute approximate surface area is 208 Å². The third-order valence-electron chi connectivity index (χ3n) is 5.43. The van der Waals surface area contributed by atoms with Crippen LogP contribution in [0.3, 0.4) is 0 Å². The molecule has 1 amide bonds. The van der Waals surface area contributed by atoms with Gasteiger partial charge >= 0.3 is 6.18 Å². The number of carbonyl (C=O) groups is 1. The van der Waals surface area contributed by atoms with E-state index in [1.165, 1.54) is 30.3 Å². The van der Waals surface area contributed by atoms with Gasteiger partial charge in [-0.2, -0.15) is 13.2 Å². The maximum absolute atomic E-state index is 14.2. The van der Waals surface area contributed by atoms with Crippen LogP contribution in [0.25, 0.3) is 4.85 Å². The standard InChI is InChI=1S/C24H17F4N3O5S/c1-29-14-4-2-5-17(10-14)37(34,35)31-12-16(13-32)36-21-9-8-15(11-20(21)31)30-23(33)22-18(24(26,27)28)6-3-7-19(22)25/h2-11,16,32H,12-13H2,(H,30,33)/t16-/m1/s1. The molecule has 37 heavy (non-hydrogen) atoms. The number of nitrogens with zero attached hydrogens (tertiary/aromatic N) is 2. The number of hydrogen-bond donors (Lipinski definition) is 2. The molecule has 0 fully saturated rings. The predicted molar refractivity (Wildman–Crippen MR) is 125 cm³/mol. The van der Waals surface area contributed by atoms with Crippen LogP contribution >= 0.6 is 0 Å². The third kappa shape index (κ3) is 5.07. The topological polar surface area (TPSA) is 100 Å². The second-order valence-electron chi connectivity index (χ2n) is 7.86. The van der Waals surface area contributed by atoms with Crippen molar-refractivity contribution in [2.24, 2.45) is 0 Å². The number of benzene rings is 3. The molecular weight excluding hydrogens is 518 g/mol. The zero-order valence-electron chi connectivity index (χ0n) is 18.7. The normalized spacial score (nSPS) is 15.4. The summed E-state index contributed by atoms with van der Waals surface area (Å²) in [4.78, 5) is 15.7. The van der Waals surface area contributed by atoms with Gasteiger partial charge in [-0.25, -0.2) is 17.7 Å². The highest BCUT2D eigenvalue weighted by Crippen LogP contribution is 2.40. The maximum atomic E-state index is 14.2. The Kier molecular flexibility index (Phi) is 6.81.